The van der Waals surface area contributed by atoms with Crippen LogP contribution in [0, 0.1) is 0 Å². The summed E-state index contributed by atoms with van der Waals surface area (Å²) in [4.78, 5) is 0. The predicted molar refractivity (Wildman–Crippen MR) is 93.1 cm³/mol. The molecule has 0 unspecified atom stereocenters. The van der Waals surface area contributed by atoms with Gasteiger partial charge in [0.25, 0.3) is 0 Å². The van der Waals surface area contributed by atoms with Crippen molar-refractivity contribution in [1.29, 1.82) is 0 Å². The lowest BCUT2D eigenvalue weighted by molar-refractivity contribution is 0.323. The van der Waals surface area contributed by atoms with Crippen molar-refractivity contribution in [2.75, 3.05) is 13.2 Å². The highest BCUT2D eigenvalue weighted by atomic mass is 79.9. The number of rotatable bonds is 8. The summed E-state index contributed by atoms with van der Waals surface area (Å²) in [6.07, 6.45) is 2.16. The fourth-order valence-corrected chi connectivity index (χ4v) is 4.97. The van der Waals surface area contributed by atoms with Crippen molar-refractivity contribution < 1.29 is 13.2 Å². The molecule has 2 aromatic rings. The van der Waals surface area contributed by atoms with Crippen molar-refractivity contribution in [1.82, 2.24) is 4.72 Å². The number of thiophene rings is 1. The second-order valence-electron chi connectivity index (χ2n) is 4.70. The van der Waals surface area contributed by atoms with E-state index in [1.54, 1.807) is 12.1 Å². The van der Waals surface area contributed by atoms with E-state index in [4.69, 9.17) is 4.74 Å². The average Bonchev–Trinajstić information content (AvgIpc) is 2.93. The lowest BCUT2D eigenvalue weighted by atomic mass is 10.1. The smallest absolute Gasteiger partial charge is 0.250 e. The maximum atomic E-state index is 12.0. The first kappa shape index (κ1) is 17.5. The lowest BCUT2D eigenvalue weighted by Gasteiger charge is -2.08. The van der Waals surface area contributed by atoms with Gasteiger partial charge in [-0.25, -0.2) is 13.1 Å². The first-order valence-corrected chi connectivity index (χ1v) is 10.1. The van der Waals surface area contributed by atoms with Crippen molar-refractivity contribution in [3.63, 3.8) is 0 Å². The van der Waals surface area contributed by atoms with Crippen LogP contribution in [0.15, 0.2) is 44.4 Å². The molecule has 0 radical (unpaired) electrons. The molecule has 2 rings (SSSR count). The summed E-state index contributed by atoms with van der Waals surface area (Å²) in [6.45, 7) is 2.66. The van der Waals surface area contributed by atoms with Crippen LogP contribution in [0.3, 0.4) is 0 Å². The summed E-state index contributed by atoms with van der Waals surface area (Å²) in [7, 11) is -3.45. The zero-order valence-corrected chi connectivity index (χ0v) is 15.4. The summed E-state index contributed by atoms with van der Waals surface area (Å²) in [5, 5.41) is 0. The van der Waals surface area contributed by atoms with Crippen LogP contribution in [-0.2, 0) is 16.4 Å². The molecule has 4 nitrogen and oxygen atoms in total. The predicted octanol–water partition coefficient (Wildman–Crippen LogP) is 3.82. The molecule has 1 aromatic carbocycles. The fourth-order valence-electron chi connectivity index (χ4n) is 1.90. The van der Waals surface area contributed by atoms with Crippen molar-refractivity contribution in [3.05, 3.63) is 45.7 Å². The Morgan fingerprint density at radius 1 is 1.18 bits per heavy atom. The number of halogens is 1. The third kappa shape index (κ3) is 5.08. The molecule has 0 spiro atoms. The number of nitrogens with one attached hydrogen (secondary N) is 1. The Morgan fingerprint density at radius 3 is 2.50 bits per heavy atom. The van der Waals surface area contributed by atoms with E-state index in [0.717, 1.165) is 22.4 Å². The van der Waals surface area contributed by atoms with E-state index in [1.807, 2.05) is 24.3 Å². The van der Waals surface area contributed by atoms with Gasteiger partial charge in [-0.05, 0) is 52.2 Å². The summed E-state index contributed by atoms with van der Waals surface area (Å²) < 4.78 is 33.1. The van der Waals surface area contributed by atoms with E-state index in [1.165, 1.54) is 16.9 Å². The highest BCUT2D eigenvalue weighted by Gasteiger charge is 2.15. The lowest BCUT2D eigenvalue weighted by Crippen LogP contribution is -2.27. The Kier molecular flexibility index (Phi) is 6.43. The van der Waals surface area contributed by atoms with Gasteiger partial charge in [-0.3, -0.25) is 0 Å². The second kappa shape index (κ2) is 8.10. The minimum atomic E-state index is -3.45. The van der Waals surface area contributed by atoms with Gasteiger partial charge in [0.15, 0.2) is 0 Å². The van der Waals surface area contributed by atoms with E-state index in [-0.39, 0.29) is 6.54 Å². The highest BCUT2D eigenvalue weighted by molar-refractivity contribution is 9.11. The van der Waals surface area contributed by atoms with Gasteiger partial charge in [0, 0.05) is 6.54 Å². The van der Waals surface area contributed by atoms with Crippen LogP contribution in [-0.4, -0.2) is 21.6 Å². The van der Waals surface area contributed by atoms with Crippen LogP contribution >= 0.6 is 27.3 Å². The van der Waals surface area contributed by atoms with Crippen LogP contribution in [0.1, 0.15) is 18.9 Å². The minimum absolute atomic E-state index is 0.231. The molecular formula is C15H18BrNO3S2. The Labute approximate surface area is 143 Å². The quantitative estimate of drug-likeness (QED) is 0.681. The summed E-state index contributed by atoms with van der Waals surface area (Å²) in [6, 6.07) is 11.2. The maximum Gasteiger partial charge on any atom is 0.250 e. The van der Waals surface area contributed by atoms with E-state index in [0.29, 0.717) is 10.8 Å². The van der Waals surface area contributed by atoms with E-state index >= 15 is 0 Å². The first-order valence-electron chi connectivity index (χ1n) is 6.98. The monoisotopic (exact) mass is 403 g/mol. The van der Waals surface area contributed by atoms with Crippen LogP contribution in [0.5, 0.6) is 5.75 Å². The molecule has 0 aliphatic heterocycles. The minimum Gasteiger partial charge on any atom is -0.492 e. The number of sulfonamides is 1. The van der Waals surface area contributed by atoms with Crippen LogP contribution in [0.25, 0.3) is 0 Å². The molecule has 0 fully saturated rings. The average molecular weight is 404 g/mol. The number of aryl methyl sites for hydroxylation is 1. The molecule has 0 amide bonds. The SMILES string of the molecule is CCCc1ccc(OCCNS(=O)(=O)c2ccc(Br)s2)cc1. The molecule has 0 atom stereocenters. The third-order valence-corrected chi connectivity index (χ3v) is 6.51. The number of hydrogen-bond acceptors (Lipinski definition) is 4. The van der Waals surface area contributed by atoms with Crippen LogP contribution in [0.2, 0.25) is 0 Å². The molecule has 0 bridgehead atoms. The molecule has 1 heterocycles. The molecule has 0 aliphatic carbocycles. The Hall–Kier alpha value is -0.890. The standard InChI is InChI=1S/C15H18BrNO3S2/c1-2-3-12-4-6-13(7-5-12)20-11-10-17-22(18,19)15-9-8-14(16)21-15/h4-9,17H,2-3,10-11H2,1H3. The normalized spacial score (nSPS) is 11.5. The van der Waals surface area contributed by atoms with Gasteiger partial charge >= 0.3 is 0 Å². The van der Waals surface area contributed by atoms with Gasteiger partial charge in [-0.1, -0.05) is 25.5 Å². The number of hydrogen-bond donors (Lipinski definition) is 1. The van der Waals surface area contributed by atoms with E-state index in [2.05, 4.69) is 27.6 Å². The van der Waals surface area contributed by atoms with Gasteiger partial charge in [0.05, 0.1) is 3.79 Å². The summed E-state index contributed by atoms with van der Waals surface area (Å²) in [5.74, 6) is 0.748. The Bertz CT molecular complexity index is 696. The Balaban J connectivity index is 1.79. The molecule has 1 aromatic heterocycles. The van der Waals surface area contributed by atoms with E-state index < -0.39 is 10.0 Å². The van der Waals surface area contributed by atoms with Crippen molar-refractivity contribution in [2.45, 2.75) is 24.0 Å². The van der Waals surface area contributed by atoms with Gasteiger partial charge in [0.1, 0.15) is 16.6 Å². The third-order valence-electron chi connectivity index (χ3n) is 2.94. The van der Waals surface area contributed by atoms with Crippen LogP contribution < -0.4 is 9.46 Å². The van der Waals surface area contributed by atoms with Gasteiger partial charge in [-0.2, -0.15) is 0 Å². The molecule has 120 valence electrons. The van der Waals surface area contributed by atoms with Crippen molar-refractivity contribution in [2.24, 2.45) is 0 Å². The summed E-state index contributed by atoms with van der Waals surface area (Å²) >= 11 is 4.44. The molecular weight excluding hydrogens is 386 g/mol. The molecule has 0 aliphatic rings. The van der Waals surface area contributed by atoms with Gasteiger partial charge in [0.2, 0.25) is 10.0 Å². The highest BCUT2D eigenvalue weighted by Crippen LogP contribution is 2.25. The van der Waals surface area contributed by atoms with Crippen LogP contribution in [0.4, 0.5) is 0 Å². The molecule has 7 heteroatoms. The molecule has 0 saturated heterocycles. The zero-order valence-electron chi connectivity index (χ0n) is 12.2. The Morgan fingerprint density at radius 2 is 1.91 bits per heavy atom. The van der Waals surface area contributed by atoms with E-state index in [9.17, 15) is 8.42 Å². The van der Waals surface area contributed by atoms with Crippen molar-refractivity contribution in [3.8, 4) is 5.75 Å². The van der Waals surface area contributed by atoms with Gasteiger partial charge in [-0.15, -0.1) is 11.3 Å². The fraction of sp³-hybridized carbons (Fsp3) is 0.333. The topological polar surface area (TPSA) is 55.4 Å². The zero-order chi connectivity index (χ0) is 16.0. The second-order valence-corrected chi connectivity index (χ2v) is 9.16. The molecule has 22 heavy (non-hydrogen) atoms. The van der Waals surface area contributed by atoms with Gasteiger partial charge < -0.3 is 4.74 Å². The number of ether oxygens (including phenoxy) is 1. The van der Waals surface area contributed by atoms with Crippen molar-refractivity contribution >= 4 is 37.3 Å². The molecule has 1 N–H and O–H groups in total. The molecule has 0 saturated carbocycles. The summed E-state index contributed by atoms with van der Waals surface area (Å²) in [5.41, 5.74) is 1.28. The number of benzene rings is 1. The first-order chi connectivity index (χ1) is 10.5. The largest absolute Gasteiger partial charge is 0.492 e. The maximum absolute atomic E-state index is 12.0.